The average Bonchev–Trinajstić information content (AvgIpc) is 3.02. The molecule has 1 aliphatic carbocycles. The molecule has 4 rings (SSSR count). The highest BCUT2D eigenvalue weighted by molar-refractivity contribution is 7.99. The van der Waals surface area contributed by atoms with Gasteiger partial charge >= 0.3 is 6.03 Å². The quantitative estimate of drug-likeness (QED) is 0.685. The molecule has 1 N–H and O–H groups in total. The fraction of sp³-hybridized carbons (Fsp3) is 0.609. The largest absolute Gasteiger partial charge is 0.336 e. The van der Waals surface area contributed by atoms with Gasteiger partial charge in [-0.05, 0) is 76.1 Å². The van der Waals surface area contributed by atoms with E-state index in [9.17, 15) is 4.79 Å². The molecule has 1 aliphatic heterocycles. The van der Waals surface area contributed by atoms with Crippen LogP contribution in [-0.2, 0) is 6.42 Å². The van der Waals surface area contributed by atoms with E-state index in [1.807, 2.05) is 30.5 Å². The molecule has 6 heteroatoms. The van der Waals surface area contributed by atoms with Crippen LogP contribution in [0, 0.1) is 0 Å². The molecule has 1 aromatic carbocycles. The molecule has 2 atom stereocenters. The number of carbonyl (C=O) groups excluding carboxylic acids is 1. The lowest BCUT2D eigenvalue weighted by Gasteiger charge is -2.42. The van der Waals surface area contributed by atoms with Crippen molar-refractivity contribution >= 4 is 28.7 Å². The lowest BCUT2D eigenvalue weighted by Crippen LogP contribution is -2.44. The highest BCUT2D eigenvalue weighted by atomic mass is 32.2. The molecule has 2 aromatic rings. The van der Waals surface area contributed by atoms with Crippen LogP contribution >= 0.6 is 11.8 Å². The Morgan fingerprint density at radius 2 is 2.07 bits per heavy atom. The van der Waals surface area contributed by atoms with Crippen molar-refractivity contribution < 1.29 is 4.79 Å². The number of hydrogen-bond donors (Lipinski definition) is 1. The molecular formula is C23H34N4OS. The number of benzene rings is 1. The molecule has 1 aromatic heterocycles. The first-order chi connectivity index (χ1) is 14.1. The van der Waals surface area contributed by atoms with Crippen molar-refractivity contribution in [3.63, 3.8) is 0 Å². The second-order valence-corrected chi connectivity index (χ2v) is 9.38. The molecule has 0 unspecified atom stereocenters. The SMILES string of the molecule is CCCSc1c2c3c(cccc3n1NC(=O)N(CC)CC)[C@H]1CCCN(C)[C@@H]1C2. The third-order valence-corrected chi connectivity index (χ3v) is 7.96. The zero-order valence-electron chi connectivity index (χ0n) is 18.2. The van der Waals surface area contributed by atoms with Crippen LogP contribution in [0.3, 0.4) is 0 Å². The number of urea groups is 1. The molecule has 0 saturated carbocycles. The normalized spacial score (nSPS) is 21.2. The standard InChI is InChI=1S/C23H34N4OS/c1-5-14-29-22-18-15-20-16(11-9-13-25(20)4)17-10-8-12-19(21(17)18)27(22)24-23(28)26(6-2)7-3/h8,10,12,16,20H,5-7,9,11,13-15H2,1-4H3,(H,24,28)/t16-,20-/m1/s1. The molecule has 5 nitrogen and oxygen atoms in total. The minimum Gasteiger partial charge on any atom is -0.324 e. The number of likely N-dealkylation sites (N-methyl/N-ethyl adjacent to an activating group) is 1. The summed E-state index contributed by atoms with van der Waals surface area (Å²) >= 11 is 1.89. The topological polar surface area (TPSA) is 40.5 Å². The number of amides is 2. The second-order valence-electron chi connectivity index (χ2n) is 8.30. The van der Waals surface area contributed by atoms with E-state index in [0.717, 1.165) is 24.1 Å². The number of hydrogen-bond acceptors (Lipinski definition) is 3. The molecule has 0 spiro atoms. The summed E-state index contributed by atoms with van der Waals surface area (Å²) in [5.74, 6) is 1.66. The van der Waals surface area contributed by atoms with Gasteiger partial charge in [0.05, 0.1) is 5.52 Å². The van der Waals surface area contributed by atoms with Crippen LogP contribution in [0.15, 0.2) is 23.2 Å². The molecule has 29 heavy (non-hydrogen) atoms. The number of aromatic nitrogens is 1. The number of nitrogens with one attached hydrogen (secondary N) is 1. The molecule has 158 valence electrons. The van der Waals surface area contributed by atoms with Crippen LogP contribution in [-0.4, -0.2) is 59.0 Å². The minimum atomic E-state index is -0.0176. The fourth-order valence-electron chi connectivity index (χ4n) is 5.16. The van der Waals surface area contributed by atoms with Gasteiger partial charge in [-0.1, -0.05) is 19.1 Å². The molecule has 2 heterocycles. The Morgan fingerprint density at radius 1 is 1.28 bits per heavy atom. The van der Waals surface area contributed by atoms with Crippen LogP contribution < -0.4 is 5.43 Å². The number of likely N-dealkylation sites (tertiary alicyclic amines) is 1. The Labute approximate surface area is 178 Å². The summed E-state index contributed by atoms with van der Waals surface area (Å²) in [6.45, 7) is 8.89. The molecular weight excluding hydrogens is 380 g/mol. The molecule has 0 radical (unpaired) electrons. The van der Waals surface area contributed by atoms with Gasteiger partial charge in [0.25, 0.3) is 0 Å². The Balaban J connectivity index is 1.84. The zero-order chi connectivity index (χ0) is 20.5. The van der Waals surface area contributed by atoms with E-state index in [-0.39, 0.29) is 6.03 Å². The van der Waals surface area contributed by atoms with Gasteiger partial charge < -0.3 is 9.80 Å². The Kier molecular flexibility index (Phi) is 6.11. The van der Waals surface area contributed by atoms with Gasteiger partial charge in [-0.3, -0.25) is 0 Å². The van der Waals surface area contributed by atoms with E-state index >= 15 is 0 Å². The zero-order valence-corrected chi connectivity index (χ0v) is 19.0. The van der Waals surface area contributed by atoms with Crippen LogP contribution in [0.2, 0.25) is 0 Å². The number of fused-ring (bicyclic) bond motifs is 2. The smallest absolute Gasteiger partial charge is 0.324 e. The first-order valence-electron chi connectivity index (χ1n) is 11.2. The van der Waals surface area contributed by atoms with Crippen molar-refractivity contribution in [2.75, 3.05) is 37.9 Å². The predicted molar refractivity (Wildman–Crippen MR) is 123 cm³/mol. The van der Waals surface area contributed by atoms with E-state index in [1.54, 1.807) is 0 Å². The lowest BCUT2D eigenvalue weighted by molar-refractivity contribution is 0.156. The van der Waals surface area contributed by atoms with Crippen molar-refractivity contribution in [1.29, 1.82) is 0 Å². The van der Waals surface area contributed by atoms with Crippen molar-refractivity contribution in [2.45, 2.75) is 63.4 Å². The van der Waals surface area contributed by atoms with Gasteiger partial charge in [-0.25, -0.2) is 14.9 Å². The van der Waals surface area contributed by atoms with Gasteiger partial charge in [-0.15, -0.1) is 11.8 Å². The Hall–Kier alpha value is -1.66. The second kappa shape index (κ2) is 8.60. The summed E-state index contributed by atoms with van der Waals surface area (Å²) in [7, 11) is 2.28. The van der Waals surface area contributed by atoms with Gasteiger partial charge in [0.2, 0.25) is 0 Å². The van der Waals surface area contributed by atoms with Gasteiger partial charge in [-0.2, -0.15) is 0 Å². The molecule has 0 bridgehead atoms. The molecule has 1 fully saturated rings. The maximum Gasteiger partial charge on any atom is 0.336 e. The summed E-state index contributed by atoms with van der Waals surface area (Å²) in [5.41, 5.74) is 7.31. The van der Waals surface area contributed by atoms with E-state index in [2.05, 4.69) is 47.2 Å². The van der Waals surface area contributed by atoms with Crippen LogP contribution in [0.4, 0.5) is 4.79 Å². The van der Waals surface area contributed by atoms with Crippen LogP contribution in [0.1, 0.15) is 57.1 Å². The lowest BCUT2D eigenvalue weighted by atomic mass is 9.75. The highest BCUT2D eigenvalue weighted by Crippen LogP contribution is 2.46. The van der Waals surface area contributed by atoms with Crippen LogP contribution in [0.5, 0.6) is 0 Å². The van der Waals surface area contributed by atoms with E-state index in [0.29, 0.717) is 25.0 Å². The average molecular weight is 415 g/mol. The molecule has 1 saturated heterocycles. The van der Waals surface area contributed by atoms with Crippen molar-refractivity contribution in [3.05, 3.63) is 29.3 Å². The monoisotopic (exact) mass is 414 g/mol. The third kappa shape index (κ3) is 3.55. The van der Waals surface area contributed by atoms with E-state index in [4.69, 9.17) is 0 Å². The highest BCUT2D eigenvalue weighted by Gasteiger charge is 2.38. The van der Waals surface area contributed by atoms with Crippen molar-refractivity contribution in [3.8, 4) is 0 Å². The maximum absolute atomic E-state index is 12.9. The first-order valence-corrected chi connectivity index (χ1v) is 12.1. The Morgan fingerprint density at radius 3 is 2.79 bits per heavy atom. The molecule has 2 aliphatic rings. The van der Waals surface area contributed by atoms with Gasteiger partial charge in [0.1, 0.15) is 5.03 Å². The fourth-order valence-corrected chi connectivity index (χ4v) is 6.19. The summed E-state index contributed by atoms with van der Waals surface area (Å²) < 4.78 is 2.09. The minimum absolute atomic E-state index is 0.0176. The predicted octanol–water partition coefficient (Wildman–Crippen LogP) is 4.88. The third-order valence-electron chi connectivity index (χ3n) is 6.65. The summed E-state index contributed by atoms with van der Waals surface area (Å²) in [6, 6.07) is 7.22. The molecule has 2 amide bonds. The Bertz CT molecular complexity index is 889. The summed E-state index contributed by atoms with van der Waals surface area (Å²) in [4.78, 5) is 17.3. The summed E-state index contributed by atoms with van der Waals surface area (Å²) in [5, 5.41) is 2.62. The number of piperidine rings is 1. The summed E-state index contributed by atoms with van der Waals surface area (Å²) in [6.07, 6.45) is 4.73. The first kappa shape index (κ1) is 20.6. The van der Waals surface area contributed by atoms with Gasteiger partial charge in [0, 0.05) is 30.4 Å². The maximum atomic E-state index is 12.9. The number of nitrogens with zero attached hydrogens (tertiary/aromatic N) is 3. The number of rotatable bonds is 6. The van der Waals surface area contributed by atoms with E-state index in [1.165, 1.54) is 40.9 Å². The van der Waals surface area contributed by atoms with Crippen molar-refractivity contribution in [1.82, 2.24) is 14.5 Å². The van der Waals surface area contributed by atoms with Crippen LogP contribution in [0.25, 0.3) is 10.9 Å². The number of carbonyl (C=O) groups is 1. The number of thioether (sulfide) groups is 1. The van der Waals surface area contributed by atoms with Crippen molar-refractivity contribution in [2.24, 2.45) is 0 Å². The van der Waals surface area contributed by atoms with Gasteiger partial charge in [0.15, 0.2) is 0 Å². The van der Waals surface area contributed by atoms with E-state index < -0.39 is 0 Å².